The Hall–Kier alpha value is -1.90. The molecule has 0 radical (unpaired) electrons. The summed E-state index contributed by atoms with van der Waals surface area (Å²) < 4.78 is 0. The molecule has 1 rings (SSSR count). The predicted molar refractivity (Wildman–Crippen MR) is 66.9 cm³/mol. The van der Waals surface area contributed by atoms with Gasteiger partial charge in [-0.2, -0.15) is 0 Å². The highest BCUT2D eigenvalue weighted by Crippen LogP contribution is 2.11. The zero-order valence-corrected chi connectivity index (χ0v) is 10.0. The van der Waals surface area contributed by atoms with Crippen molar-refractivity contribution in [3.8, 4) is 0 Å². The van der Waals surface area contributed by atoms with E-state index in [0.29, 0.717) is 17.9 Å². The zero-order chi connectivity index (χ0) is 12.8. The van der Waals surface area contributed by atoms with E-state index in [0.717, 1.165) is 11.6 Å². The summed E-state index contributed by atoms with van der Waals surface area (Å²) in [6, 6.07) is 6.94. The molecular weight excluding hydrogens is 216 g/mol. The average Bonchev–Trinajstić information content (AvgIpc) is 2.26. The molecule has 0 amide bonds. The lowest BCUT2D eigenvalue weighted by Gasteiger charge is -2.04. The normalized spacial score (nSPS) is 11.0. The van der Waals surface area contributed by atoms with Gasteiger partial charge in [-0.15, -0.1) is 0 Å². The first-order valence-electron chi connectivity index (χ1n) is 5.53. The lowest BCUT2D eigenvalue weighted by atomic mass is 10.0. The van der Waals surface area contributed by atoms with Gasteiger partial charge in [-0.3, -0.25) is 4.79 Å². The van der Waals surface area contributed by atoms with Crippen molar-refractivity contribution >= 4 is 17.8 Å². The number of aliphatic carboxylic acids is 1. The number of carbonyl (C=O) groups excluding carboxylic acids is 1. The molecule has 0 aliphatic rings. The van der Waals surface area contributed by atoms with Gasteiger partial charge >= 0.3 is 5.97 Å². The lowest BCUT2D eigenvalue weighted by Crippen LogP contribution is -2.03. The quantitative estimate of drug-likeness (QED) is 0.627. The molecule has 0 saturated carbocycles. The fourth-order valence-electron chi connectivity index (χ4n) is 1.44. The van der Waals surface area contributed by atoms with Crippen LogP contribution in [-0.4, -0.2) is 16.9 Å². The molecule has 0 heterocycles. The molecule has 0 atom stereocenters. The summed E-state index contributed by atoms with van der Waals surface area (Å²) in [7, 11) is 0. The van der Waals surface area contributed by atoms with Crippen LogP contribution in [0.5, 0.6) is 0 Å². The molecule has 3 heteroatoms. The largest absolute Gasteiger partial charge is 0.478 e. The van der Waals surface area contributed by atoms with Crippen molar-refractivity contribution in [1.82, 2.24) is 0 Å². The minimum absolute atomic E-state index is 0.119. The molecule has 0 aliphatic carbocycles. The Morgan fingerprint density at radius 2 is 1.82 bits per heavy atom. The maximum absolute atomic E-state index is 11.7. The first kappa shape index (κ1) is 13.2. The van der Waals surface area contributed by atoms with Gasteiger partial charge in [0, 0.05) is 18.1 Å². The molecule has 3 nitrogen and oxygen atoms in total. The van der Waals surface area contributed by atoms with Crippen molar-refractivity contribution in [2.45, 2.75) is 20.3 Å². The van der Waals surface area contributed by atoms with Crippen molar-refractivity contribution in [1.29, 1.82) is 0 Å². The van der Waals surface area contributed by atoms with E-state index in [1.807, 2.05) is 13.8 Å². The Morgan fingerprint density at radius 3 is 2.29 bits per heavy atom. The highest BCUT2D eigenvalue weighted by molar-refractivity contribution is 5.96. The van der Waals surface area contributed by atoms with Gasteiger partial charge in [0.2, 0.25) is 0 Å². The van der Waals surface area contributed by atoms with E-state index < -0.39 is 5.97 Å². The number of carbonyl (C=O) groups is 2. The second-order valence-electron chi connectivity index (χ2n) is 4.31. The van der Waals surface area contributed by atoms with E-state index >= 15 is 0 Å². The van der Waals surface area contributed by atoms with Crippen LogP contribution in [0.1, 0.15) is 36.2 Å². The third-order valence-electron chi connectivity index (χ3n) is 2.24. The second kappa shape index (κ2) is 5.99. The summed E-state index contributed by atoms with van der Waals surface area (Å²) >= 11 is 0. The summed E-state index contributed by atoms with van der Waals surface area (Å²) in [5.74, 6) is -0.521. The van der Waals surface area contributed by atoms with E-state index in [4.69, 9.17) is 5.11 Å². The van der Waals surface area contributed by atoms with Crippen LogP contribution in [0, 0.1) is 5.92 Å². The molecule has 17 heavy (non-hydrogen) atoms. The SMILES string of the molecule is CC(C)CC(=O)c1ccc(/C=C/C(=O)O)cc1. The van der Waals surface area contributed by atoms with Gasteiger partial charge in [0.1, 0.15) is 0 Å². The van der Waals surface area contributed by atoms with Gasteiger partial charge in [0.15, 0.2) is 5.78 Å². The van der Waals surface area contributed by atoms with Crippen LogP contribution in [0.2, 0.25) is 0 Å². The zero-order valence-electron chi connectivity index (χ0n) is 10.0. The molecule has 1 aromatic carbocycles. The van der Waals surface area contributed by atoms with E-state index in [1.54, 1.807) is 24.3 Å². The van der Waals surface area contributed by atoms with Crippen LogP contribution in [0.15, 0.2) is 30.3 Å². The molecule has 0 spiro atoms. The van der Waals surface area contributed by atoms with Gasteiger partial charge in [0.25, 0.3) is 0 Å². The van der Waals surface area contributed by atoms with E-state index in [-0.39, 0.29) is 5.78 Å². The number of benzene rings is 1. The van der Waals surface area contributed by atoms with Crippen LogP contribution in [-0.2, 0) is 4.79 Å². The van der Waals surface area contributed by atoms with E-state index in [1.165, 1.54) is 6.08 Å². The van der Waals surface area contributed by atoms with Crippen LogP contribution < -0.4 is 0 Å². The third-order valence-corrected chi connectivity index (χ3v) is 2.24. The van der Waals surface area contributed by atoms with E-state index in [2.05, 4.69) is 0 Å². The number of rotatable bonds is 5. The van der Waals surface area contributed by atoms with Crippen LogP contribution in [0.3, 0.4) is 0 Å². The van der Waals surface area contributed by atoms with Gasteiger partial charge in [-0.1, -0.05) is 38.1 Å². The topological polar surface area (TPSA) is 54.4 Å². The fraction of sp³-hybridized carbons (Fsp3) is 0.286. The molecule has 1 N–H and O–H groups in total. The van der Waals surface area contributed by atoms with Crippen molar-refractivity contribution in [2.75, 3.05) is 0 Å². The lowest BCUT2D eigenvalue weighted by molar-refractivity contribution is -0.131. The van der Waals surface area contributed by atoms with Crippen molar-refractivity contribution < 1.29 is 14.7 Å². The molecule has 0 unspecified atom stereocenters. The molecule has 0 aliphatic heterocycles. The molecule has 90 valence electrons. The fourth-order valence-corrected chi connectivity index (χ4v) is 1.44. The summed E-state index contributed by atoms with van der Waals surface area (Å²) in [5, 5.41) is 8.48. The highest BCUT2D eigenvalue weighted by atomic mass is 16.4. The summed E-state index contributed by atoms with van der Waals surface area (Å²) in [6.45, 7) is 4.00. The average molecular weight is 232 g/mol. The van der Waals surface area contributed by atoms with Crippen molar-refractivity contribution in [3.63, 3.8) is 0 Å². The molecular formula is C14H16O3. The first-order chi connectivity index (χ1) is 7.99. The van der Waals surface area contributed by atoms with Gasteiger partial charge in [0.05, 0.1) is 0 Å². The molecule has 0 saturated heterocycles. The highest BCUT2D eigenvalue weighted by Gasteiger charge is 2.07. The molecule has 0 aromatic heterocycles. The Morgan fingerprint density at radius 1 is 1.24 bits per heavy atom. The molecule has 0 fully saturated rings. The smallest absolute Gasteiger partial charge is 0.328 e. The monoisotopic (exact) mass is 232 g/mol. The Labute approximate surface area is 101 Å². The maximum atomic E-state index is 11.7. The minimum Gasteiger partial charge on any atom is -0.478 e. The maximum Gasteiger partial charge on any atom is 0.328 e. The molecule has 0 bridgehead atoms. The predicted octanol–water partition coefficient (Wildman–Crippen LogP) is 3.01. The molecule has 1 aromatic rings. The Bertz CT molecular complexity index is 427. The second-order valence-corrected chi connectivity index (χ2v) is 4.31. The third kappa shape index (κ3) is 4.64. The van der Waals surface area contributed by atoms with Crippen LogP contribution in [0.4, 0.5) is 0 Å². The minimum atomic E-state index is -0.982. The number of carboxylic acids is 1. The number of Topliss-reactive ketones (excluding diaryl/α,β-unsaturated/α-hetero) is 1. The van der Waals surface area contributed by atoms with E-state index in [9.17, 15) is 9.59 Å². The first-order valence-corrected chi connectivity index (χ1v) is 5.53. The Balaban J connectivity index is 2.74. The number of carboxylic acid groups (broad SMARTS) is 1. The Kier molecular flexibility index (Phi) is 4.64. The van der Waals surface area contributed by atoms with Crippen molar-refractivity contribution in [2.24, 2.45) is 5.92 Å². The van der Waals surface area contributed by atoms with Crippen LogP contribution >= 0.6 is 0 Å². The number of hydrogen-bond donors (Lipinski definition) is 1. The van der Waals surface area contributed by atoms with Crippen LogP contribution in [0.25, 0.3) is 6.08 Å². The van der Waals surface area contributed by atoms with Gasteiger partial charge < -0.3 is 5.11 Å². The number of ketones is 1. The number of hydrogen-bond acceptors (Lipinski definition) is 2. The summed E-state index contributed by atoms with van der Waals surface area (Å²) in [4.78, 5) is 22.0. The van der Waals surface area contributed by atoms with Gasteiger partial charge in [-0.05, 0) is 17.6 Å². The summed E-state index contributed by atoms with van der Waals surface area (Å²) in [5.41, 5.74) is 1.44. The van der Waals surface area contributed by atoms with Gasteiger partial charge in [-0.25, -0.2) is 4.79 Å². The summed E-state index contributed by atoms with van der Waals surface area (Å²) in [6.07, 6.45) is 3.11. The standard InChI is InChI=1S/C14H16O3/c1-10(2)9-13(15)12-6-3-11(4-7-12)5-8-14(16)17/h3-8,10H,9H2,1-2H3,(H,16,17)/b8-5+. The van der Waals surface area contributed by atoms with Crippen molar-refractivity contribution in [3.05, 3.63) is 41.5 Å².